The fourth-order valence-electron chi connectivity index (χ4n) is 2.35. The minimum Gasteiger partial charge on any atom is -0.304 e. The Morgan fingerprint density at radius 3 is 2.59 bits per heavy atom. The Hall–Kier alpha value is -1.81. The van der Waals surface area contributed by atoms with Gasteiger partial charge in [-0.25, -0.2) is 17.2 Å². The summed E-state index contributed by atoms with van der Waals surface area (Å²) in [6.07, 6.45) is -0.250. The van der Waals surface area contributed by atoms with Crippen LogP contribution in [0, 0.1) is 27.7 Å². The van der Waals surface area contributed by atoms with Crippen LogP contribution >= 0.6 is 10.7 Å². The van der Waals surface area contributed by atoms with Gasteiger partial charge in [-0.3, -0.25) is 14.9 Å². The molecule has 1 heterocycles. The van der Waals surface area contributed by atoms with Crippen molar-refractivity contribution in [1.29, 1.82) is 0 Å². The van der Waals surface area contributed by atoms with Crippen LogP contribution in [0.5, 0.6) is 0 Å². The zero-order chi connectivity index (χ0) is 16.7. The minimum atomic E-state index is -3.87. The number of halogens is 3. The molecular weight excluding hydrogens is 346 g/mol. The van der Waals surface area contributed by atoms with Gasteiger partial charge in [0.25, 0.3) is 5.69 Å². The second-order valence-electron chi connectivity index (χ2n) is 4.79. The van der Waals surface area contributed by atoms with Crippen LogP contribution in [0.3, 0.4) is 0 Å². The number of nitro groups is 1. The molecule has 0 aromatic heterocycles. The molecule has 11 heteroatoms. The summed E-state index contributed by atoms with van der Waals surface area (Å²) >= 11 is 0. The summed E-state index contributed by atoms with van der Waals surface area (Å²) in [5.74, 6) is -4.36. The van der Waals surface area contributed by atoms with Gasteiger partial charge in [-0.15, -0.1) is 0 Å². The Morgan fingerprint density at radius 2 is 2.05 bits per heavy atom. The van der Waals surface area contributed by atoms with E-state index in [-0.39, 0.29) is 13.0 Å². The van der Waals surface area contributed by atoms with Gasteiger partial charge in [-0.05, 0) is 0 Å². The first-order valence-corrected chi connectivity index (χ1v) is 8.42. The first-order valence-electron chi connectivity index (χ1n) is 5.94. The van der Waals surface area contributed by atoms with E-state index < -0.39 is 54.6 Å². The van der Waals surface area contributed by atoms with E-state index in [0.29, 0.717) is 12.1 Å². The van der Waals surface area contributed by atoms with Crippen LogP contribution in [-0.2, 0) is 13.8 Å². The molecular formula is C11H9ClF2N2O5S. The number of rotatable bonds is 4. The van der Waals surface area contributed by atoms with Crippen LogP contribution in [0.2, 0.25) is 0 Å². The highest BCUT2D eigenvalue weighted by molar-refractivity contribution is 8.13. The van der Waals surface area contributed by atoms with E-state index in [4.69, 9.17) is 10.7 Å². The standard InChI is InChI=1S/C11H9ClF2N2O5S/c12-22(20,21)5-6-1-10(17)15(4-6)11-8(14)2-7(13)3-9(11)16(18)19/h2-3,6H,1,4-5H2. The Bertz CT molecular complexity index is 755. The summed E-state index contributed by atoms with van der Waals surface area (Å²) in [6, 6.07) is 0.915. The Balaban J connectivity index is 2.40. The number of anilines is 1. The number of amides is 1. The Morgan fingerprint density at radius 1 is 1.41 bits per heavy atom. The summed E-state index contributed by atoms with van der Waals surface area (Å²) in [5, 5.41) is 10.9. The topological polar surface area (TPSA) is 97.6 Å². The third kappa shape index (κ3) is 3.50. The van der Waals surface area contributed by atoms with E-state index in [0.717, 1.165) is 4.90 Å². The molecule has 1 aliphatic rings. The maximum atomic E-state index is 13.9. The van der Waals surface area contributed by atoms with Crippen LogP contribution in [0.1, 0.15) is 6.42 Å². The average molecular weight is 355 g/mol. The molecule has 1 fully saturated rings. The van der Waals surface area contributed by atoms with Gasteiger partial charge in [0.05, 0.1) is 16.7 Å². The molecule has 120 valence electrons. The van der Waals surface area contributed by atoms with Crippen molar-refractivity contribution >= 4 is 37.0 Å². The molecule has 1 saturated heterocycles. The normalized spacial score (nSPS) is 18.8. The van der Waals surface area contributed by atoms with Gasteiger partial charge < -0.3 is 4.90 Å². The summed E-state index contributed by atoms with van der Waals surface area (Å²) in [7, 11) is 1.22. The number of nitrogens with zero attached hydrogens (tertiary/aromatic N) is 2. The van der Waals surface area contributed by atoms with E-state index in [1.165, 1.54) is 0 Å². The Kier molecular flexibility index (Phi) is 4.34. The molecule has 0 aliphatic carbocycles. The number of carbonyl (C=O) groups is 1. The van der Waals surface area contributed by atoms with Crippen LogP contribution in [-0.4, -0.2) is 31.5 Å². The fourth-order valence-corrected chi connectivity index (χ4v) is 3.67. The minimum absolute atomic E-state index is 0.250. The highest BCUT2D eigenvalue weighted by atomic mass is 35.7. The van der Waals surface area contributed by atoms with E-state index in [2.05, 4.69) is 0 Å². The molecule has 1 aliphatic heterocycles. The van der Waals surface area contributed by atoms with Gasteiger partial charge in [0.1, 0.15) is 5.82 Å². The first kappa shape index (κ1) is 16.6. The molecule has 1 aromatic rings. The molecule has 22 heavy (non-hydrogen) atoms. The highest BCUT2D eigenvalue weighted by Gasteiger charge is 2.38. The van der Waals surface area contributed by atoms with E-state index >= 15 is 0 Å². The number of nitro benzene ring substituents is 1. The third-order valence-corrected chi connectivity index (χ3v) is 4.36. The number of hydrogen-bond donors (Lipinski definition) is 0. The van der Waals surface area contributed by atoms with Gasteiger partial charge in [0, 0.05) is 35.6 Å². The maximum absolute atomic E-state index is 13.9. The number of hydrogen-bond acceptors (Lipinski definition) is 5. The predicted octanol–water partition coefficient (Wildman–Crippen LogP) is 1.79. The maximum Gasteiger partial charge on any atom is 0.298 e. The van der Waals surface area contributed by atoms with E-state index in [1.807, 2.05) is 0 Å². The van der Waals surface area contributed by atoms with Gasteiger partial charge in [0.2, 0.25) is 15.0 Å². The quantitative estimate of drug-likeness (QED) is 0.466. The summed E-state index contributed by atoms with van der Waals surface area (Å²) < 4.78 is 49.0. The van der Waals surface area contributed by atoms with Crippen LogP contribution in [0.25, 0.3) is 0 Å². The molecule has 0 bridgehead atoms. The molecule has 1 amide bonds. The smallest absolute Gasteiger partial charge is 0.298 e. The summed E-state index contributed by atoms with van der Waals surface area (Å²) in [6.45, 7) is -0.256. The van der Waals surface area contributed by atoms with Crippen molar-refractivity contribution in [2.45, 2.75) is 6.42 Å². The average Bonchev–Trinajstić information content (AvgIpc) is 2.66. The van der Waals surface area contributed by atoms with Crippen molar-refractivity contribution in [2.75, 3.05) is 17.2 Å². The zero-order valence-corrected chi connectivity index (χ0v) is 12.4. The molecule has 7 nitrogen and oxygen atoms in total. The molecule has 0 spiro atoms. The van der Waals surface area contributed by atoms with Gasteiger partial charge in [0.15, 0.2) is 11.5 Å². The first-order chi connectivity index (χ1) is 10.1. The van der Waals surface area contributed by atoms with Crippen molar-refractivity contribution in [3.05, 3.63) is 33.9 Å². The third-order valence-electron chi connectivity index (χ3n) is 3.11. The second-order valence-corrected chi connectivity index (χ2v) is 7.61. The zero-order valence-electron chi connectivity index (χ0n) is 10.8. The Labute approximate surface area is 128 Å². The van der Waals surface area contributed by atoms with E-state index in [1.54, 1.807) is 0 Å². The number of carbonyl (C=O) groups excluding carboxylic acids is 1. The van der Waals surface area contributed by atoms with Crippen LogP contribution in [0.4, 0.5) is 20.2 Å². The summed E-state index contributed by atoms with van der Waals surface area (Å²) in [5.41, 5.74) is -1.58. The van der Waals surface area contributed by atoms with Crippen molar-refractivity contribution in [2.24, 2.45) is 5.92 Å². The van der Waals surface area contributed by atoms with Gasteiger partial charge in [-0.2, -0.15) is 0 Å². The molecule has 0 radical (unpaired) electrons. The second kappa shape index (κ2) is 5.76. The lowest BCUT2D eigenvalue weighted by Crippen LogP contribution is -2.27. The fraction of sp³-hybridized carbons (Fsp3) is 0.364. The largest absolute Gasteiger partial charge is 0.304 e. The highest BCUT2D eigenvalue weighted by Crippen LogP contribution is 2.36. The predicted molar refractivity (Wildman–Crippen MR) is 73.1 cm³/mol. The molecule has 0 saturated carbocycles. The lowest BCUT2D eigenvalue weighted by molar-refractivity contribution is -0.384. The molecule has 1 unspecified atom stereocenters. The van der Waals surface area contributed by atoms with Crippen molar-refractivity contribution in [3.63, 3.8) is 0 Å². The monoisotopic (exact) mass is 354 g/mol. The molecule has 1 atom stereocenters. The van der Waals surface area contributed by atoms with Gasteiger partial charge >= 0.3 is 0 Å². The molecule has 0 N–H and O–H groups in total. The van der Waals surface area contributed by atoms with Crippen molar-refractivity contribution in [1.82, 2.24) is 0 Å². The number of benzene rings is 1. The van der Waals surface area contributed by atoms with Gasteiger partial charge in [-0.1, -0.05) is 0 Å². The lowest BCUT2D eigenvalue weighted by atomic mass is 10.1. The lowest BCUT2D eigenvalue weighted by Gasteiger charge is -2.17. The van der Waals surface area contributed by atoms with Crippen molar-refractivity contribution < 1.29 is 26.9 Å². The van der Waals surface area contributed by atoms with E-state index in [9.17, 15) is 32.1 Å². The SMILES string of the molecule is O=C1CC(CS(=O)(=O)Cl)CN1c1c(F)cc(F)cc1[N+](=O)[O-]. The molecule has 1 aromatic carbocycles. The van der Waals surface area contributed by atoms with Crippen LogP contribution < -0.4 is 4.90 Å². The van der Waals surface area contributed by atoms with Crippen LogP contribution in [0.15, 0.2) is 12.1 Å². The summed E-state index contributed by atoms with van der Waals surface area (Å²) in [4.78, 5) is 22.5. The van der Waals surface area contributed by atoms with Crippen molar-refractivity contribution in [3.8, 4) is 0 Å². The molecule has 2 rings (SSSR count).